The minimum Gasteiger partial charge on any atom is -0.301 e. The molecule has 1 aliphatic rings. The second-order valence-electron chi connectivity index (χ2n) is 5.03. The molecule has 3 rings (SSSR count). The lowest BCUT2D eigenvalue weighted by atomic mass is 10.2. The fraction of sp³-hybridized carbons (Fsp3) is 0.176. The van der Waals surface area contributed by atoms with Crippen LogP contribution in [0.3, 0.4) is 0 Å². The topological polar surface area (TPSA) is 49.4 Å². The van der Waals surface area contributed by atoms with Crippen LogP contribution < -0.4 is 10.2 Å². The van der Waals surface area contributed by atoms with Gasteiger partial charge in [0.1, 0.15) is 0 Å². The first-order valence-electron chi connectivity index (χ1n) is 6.95. The second kappa shape index (κ2) is 5.89. The van der Waals surface area contributed by atoms with E-state index in [9.17, 15) is 9.59 Å². The number of benzene rings is 2. The van der Waals surface area contributed by atoms with Crippen molar-refractivity contribution in [2.75, 3.05) is 4.90 Å². The van der Waals surface area contributed by atoms with Crippen LogP contribution in [0.1, 0.15) is 12.0 Å². The smallest absolute Gasteiger partial charge is 0.251 e. The lowest BCUT2D eigenvalue weighted by Crippen LogP contribution is -2.38. The predicted molar refractivity (Wildman–Crippen MR) is 80.6 cm³/mol. The van der Waals surface area contributed by atoms with Crippen LogP contribution in [0.2, 0.25) is 0 Å². The van der Waals surface area contributed by atoms with Crippen molar-refractivity contribution in [2.24, 2.45) is 0 Å². The zero-order valence-corrected chi connectivity index (χ0v) is 11.5. The number of anilines is 1. The van der Waals surface area contributed by atoms with E-state index in [-0.39, 0.29) is 18.2 Å². The SMILES string of the molecule is O=C1CC(NCc2ccccc2)C(=O)N1c1ccccc1. The van der Waals surface area contributed by atoms with Gasteiger partial charge >= 0.3 is 0 Å². The number of nitrogens with one attached hydrogen (secondary N) is 1. The van der Waals surface area contributed by atoms with Crippen LogP contribution in [0.15, 0.2) is 60.7 Å². The van der Waals surface area contributed by atoms with Crippen LogP contribution in [0.25, 0.3) is 0 Å². The first kappa shape index (κ1) is 13.5. The van der Waals surface area contributed by atoms with Crippen LogP contribution in [0, 0.1) is 0 Å². The molecule has 0 saturated carbocycles. The van der Waals surface area contributed by atoms with Crippen molar-refractivity contribution in [2.45, 2.75) is 19.0 Å². The third-order valence-electron chi connectivity index (χ3n) is 3.56. The molecule has 0 aliphatic carbocycles. The Balaban J connectivity index is 1.69. The Morgan fingerprint density at radius 2 is 1.57 bits per heavy atom. The highest BCUT2D eigenvalue weighted by atomic mass is 16.2. The van der Waals surface area contributed by atoms with E-state index >= 15 is 0 Å². The Kier molecular flexibility index (Phi) is 3.79. The van der Waals surface area contributed by atoms with Gasteiger partial charge in [0, 0.05) is 6.54 Å². The number of imide groups is 1. The van der Waals surface area contributed by atoms with E-state index in [4.69, 9.17) is 0 Å². The molecule has 21 heavy (non-hydrogen) atoms. The molecule has 2 aromatic rings. The predicted octanol–water partition coefficient (Wildman–Crippen LogP) is 2.11. The summed E-state index contributed by atoms with van der Waals surface area (Å²) in [6.45, 7) is 0.577. The minimum absolute atomic E-state index is 0.156. The Bertz CT molecular complexity index is 640. The average Bonchev–Trinajstić information content (AvgIpc) is 2.81. The van der Waals surface area contributed by atoms with Gasteiger partial charge in [-0.25, -0.2) is 4.90 Å². The van der Waals surface area contributed by atoms with Crippen molar-refractivity contribution in [1.82, 2.24) is 5.32 Å². The zero-order chi connectivity index (χ0) is 14.7. The highest BCUT2D eigenvalue weighted by molar-refractivity contribution is 6.22. The highest BCUT2D eigenvalue weighted by Crippen LogP contribution is 2.22. The molecule has 4 nitrogen and oxygen atoms in total. The first-order chi connectivity index (χ1) is 10.3. The second-order valence-corrected chi connectivity index (χ2v) is 5.03. The highest BCUT2D eigenvalue weighted by Gasteiger charge is 2.38. The van der Waals surface area contributed by atoms with Crippen molar-refractivity contribution < 1.29 is 9.59 Å². The van der Waals surface area contributed by atoms with E-state index in [0.29, 0.717) is 12.2 Å². The van der Waals surface area contributed by atoms with Crippen LogP contribution in [-0.2, 0) is 16.1 Å². The molecule has 1 unspecified atom stereocenters. The summed E-state index contributed by atoms with van der Waals surface area (Å²) in [6, 6.07) is 18.4. The van der Waals surface area contributed by atoms with Gasteiger partial charge in [-0.15, -0.1) is 0 Å². The molecule has 1 atom stereocenters. The monoisotopic (exact) mass is 280 g/mol. The number of nitrogens with zero attached hydrogens (tertiary/aromatic N) is 1. The molecule has 1 N–H and O–H groups in total. The molecule has 2 aromatic carbocycles. The van der Waals surface area contributed by atoms with Gasteiger partial charge in [-0.05, 0) is 17.7 Å². The van der Waals surface area contributed by atoms with Crippen molar-refractivity contribution in [1.29, 1.82) is 0 Å². The summed E-state index contributed by atoms with van der Waals surface area (Å²) in [4.78, 5) is 25.7. The van der Waals surface area contributed by atoms with E-state index in [0.717, 1.165) is 5.56 Å². The lowest BCUT2D eigenvalue weighted by molar-refractivity contribution is -0.121. The standard InChI is InChI=1S/C17H16N2O2/c20-16-11-15(18-12-13-7-3-1-4-8-13)17(21)19(16)14-9-5-2-6-10-14/h1-10,15,18H,11-12H2. The van der Waals surface area contributed by atoms with Gasteiger partial charge in [0.05, 0.1) is 18.2 Å². The lowest BCUT2D eigenvalue weighted by Gasteiger charge is -2.15. The number of carbonyl (C=O) groups excluding carboxylic acids is 2. The molecule has 0 aromatic heterocycles. The summed E-state index contributed by atoms with van der Waals surface area (Å²) < 4.78 is 0. The zero-order valence-electron chi connectivity index (χ0n) is 11.5. The third kappa shape index (κ3) is 2.85. The van der Waals surface area contributed by atoms with Crippen molar-refractivity contribution in [3.63, 3.8) is 0 Å². The van der Waals surface area contributed by atoms with Crippen molar-refractivity contribution >= 4 is 17.5 Å². The Morgan fingerprint density at radius 3 is 2.24 bits per heavy atom. The summed E-state index contributed by atoms with van der Waals surface area (Å²) in [5.41, 5.74) is 1.73. The molecule has 106 valence electrons. The van der Waals surface area contributed by atoms with Crippen molar-refractivity contribution in [3.8, 4) is 0 Å². The number of carbonyl (C=O) groups is 2. The van der Waals surface area contributed by atoms with Gasteiger partial charge < -0.3 is 5.32 Å². The Labute approximate surface area is 123 Å². The summed E-state index contributed by atoms with van der Waals surface area (Å²) in [5, 5.41) is 3.17. The Morgan fingerprint density at radius 1 is 0.952 bits per heavy atom. The van der Waals surface area contributed by atoms with E-state index in [1.165, 1.54) is 4.90 Å². The van der Waals surface area contributed by atoms with Gasteiger partial charge in [0.15, 0.2) is 0 Å². The molecule has 1 heterocycles. The first-order valence-corrected chi connectivity index (χ1v) is 6.95. The quantitative estimate of drug-likeness (QED) is 0.873. The number of amides is 2. The summed E-state index contributed by atoms with van der Waals surface area (Å²) in [5.74, 6) is -0.334. The average molecular weight is 280 g/mol. The van der Waals surface area contributed by atoms with Gasteiger partial charge in [-0.3, -0.25) is 9.59 Å². The van der Waals surface area contributed by atoms with E-state index in [1.54, 1.807) is 12.1 Å². The van der Waals surface area contributed by atoms with Crippen LogP contribution in [0.4, 0.5) is 5.69 Å². The number of rotatable bonds is 4. The van der Waals surface area contributed by atoms with E-state index in [1.807, 2.05) is 48.5 Å². The molecule has 2 amide bonds. The molecular formula is C17H16N2O2. The summed E-state index contributed by atoms with van der Waals surface area (Å²) >= 11 is 0. The van der Waals surface area contributed by atoms with Crippen LogP contribution >= 0.6 is 0 Å². The van der Waals surface area contributed by atoms with Gasteiger partial charge in [-0.2, -0.15) is 0 Å². The fourth-order valence-electron chi connectivity index (χ4n) is 2.48. The van der Waals surface area contributed by atoms with Crippen molar-refractivity contribution in [3.05, 3.63) is 66.2 Å². The number of hydrogen-bond acceptors (Lipinski definition) is 3. The maximum Gasteiger partial charge on any atom is 0.251 e. The maximum absolute atomic E-state index is 12.4. The molecular weight excluding hydrogens is 264 g/mol. The summed E-state index contributed by atoms with van der Waals surface area (Å²) in [7, 11) is 0. The fourth-order valence-corrected chi connectivity index (χ4v) is 2.48. The molecule has 1 saturated heterocycles. The third-order valence-corrected chi connectivity index (χ3v) is 3.56. The molecule has 4 heteroatoms. The largest absolute Gasteiger partial charge is 0.301 e. The van der Waals surface area contributed by atoms with Gasteiger partial charge in [0.2, 0.25) is 5.91 Å². The van der Waals surface area contributed by atoms with E-state index < -0.39 is 6.04 Å². The Hall–Kier alpha value is -2.46. The van der Waals surface area contributed by atoms with Crippen LogP contribution in [-0.4, -0.2) is 17.9 Å². The molecule has 1 fully saturated rings. The number of para-hydroxylation sites is 1. The van der Waals surface area contributed by atoms with E-state index in [2.05, 4.69) is 5.32 Å². The normalized spacial score (nSPS) is 18.3. The van der Waals surface area contributed by atoms with Gasteiger partial charge in [-0.1, -0.05) is 48.5 Å². The van der Waals surface area contributed by atoms with Crippen LogP contribution in [0.5, 0.6) is 0 Å². The molecule has 0 radical (unpaired) electrons. The maximum atomic E-state index is 12.4. The molecule has 0 spiro atoms. The summed E-state index contributed by atoms with van der Waals surface area (Å²) in [6.07, 6.45) is 0.209. The number of hydrogen-bond donors (Lipinski definition) is 1. The molecule has 1 aliphatic heterocycles. The molecule has 0 bridgehead atoms. The van der Waals surface area contributed by atoms with Gasteiger partial charge in [0.25, 0.3) is 5.91 Å². The minimum atomic E-state index is -0.446.